The first-order valence-corrected chi connectivity index (χ1v) is 9.06. The quantitative estimate of drug-likeness (QED) is 0.782. The SMILES string of the molecule is C[C@]1(C=O)[C@H](CC(=O)O)CC[C@@H]2[C@@H]1CC[C@@]1(C)[C@H]2CC[C@]1(C)O. The summed E-state index contributed by atoms with van der Waals surface area (Å²) in [5.74, 6) is 0.324. The van der Waals surface area contributed by atoms with Crippen molar-refractivity contribution < 1.29 is 19.8 Å². The highest BCUT2D eigenvalue weighted by Gasteiger charge is 2.62. The zero-order chi connectivity index (χ0) is 17.0. The fraction of sp³-hybridized carbons (Fsp3) is 0.895. The Morgan fingerprint density at radius 2 is 1.74 bits per heavy atom. The van der Waals surface area contributed by atoms with E-state index < -0.39 is 17.0 Å². The molecule has 0 bridgehead atoms. The lowest BCUT2D eigenvalue weighted by Gasteiger charge is -2.58. The number of aliphatic carboxylic acids is 1. The summed E-state index contributed by atoms with van der Waals surface area (Å²) in [6.07, 6.45) is 6.70. The van der Waals surface area contributed by atoms with E-state index in [1.807, 2.05) is 13.8 Å². The van der Waals surface area contributed by atoms with Crippen LogP contribution in [0.25, 0.3) is 0 Å². The van der Waals surface area contributed by atoms with Gasteiger partial charge in [-0.3, -0.25) is 4.79 Å². The van der Waals surface area contributed by atoms with Gasteiger partial charge in [-0.05, 0) is 74.5 Å². The summed E-state index contributed by atoms with van der Waals surface area (Å²) in [5.41, 5.74) is -1.20. The van der Waals surface area contributed by atoms with Gasteiger partial charge >= 0.3 is 5.97 Å². The average Bonchev–Trinajstić information content (AvgIpc) is 2.72. The molecule has 7 atom stereocenters. The van der Waals surface area contributed by atoms with E-state index in [1.165, 1.54) is 0 Å². The largest absolute Gasteiger partial charge is 0.481 e. The van der Waals surface area contributed by atoms with Gasteiger partial charge in [0.2, 0.25) is 0 Å². The molecule has 0 aromatic heterocycles. The summed E-state index contributed by atoms with van der Waals surface area (Å²) >= 11 is 0. The summed E-state index contributed by atoms with van der Waals surface area (Å²) in [5, 5.41) is 20.1. The molecule has 0 amide bonds. The van der Waals surface area contributed by atoms with E-state index in [0.29, 0.717) is 11.8 Å². The van der Waals surface area contributed by atoms with Crippen LogP contribution in [0.3, 0.4) is 0 Å². The molecule has 0 aromatic rings. The fourth-order valence-corrected chi connectivity index (χ4v) is 6.43. The number of carbonyl (C=O) groups is 2. The minimum atomic E-state index is -0.800. The van der Waals surface area contributed by atoms with Crippen molar-refractivity contribution in [2.45, 2.75) is 71.3 Å². The number of carboxylic acids is 1. The second-order valence-electron chi connectivity index (χ2n) is 9.00. The Labute approximate surface area is 138 Å². The van der Waals surface area contributed by atoms with Crippen molar-refractivity contribution in [2.24, 2.45) is 34.5 Å². The van der Waals surface area contributed by atoms with E-state index in [9.17, 15) is 19.8 Å². The van der Waals surface area contributed by atoms with Gasteiger partial charge in [0.05, 0.1) is 5.60 Å². The van der Waals surface area contributed by atoms with E-state index >= 15 is 0 Å². The maximum absolute atomic E-state index is 12.0. The highest BCUT2D eigenvalue weighted by molar-refractivity contribution is 5.69. The van der Waals surface area contributed by atoms with Crippen LogP contribution in [0, 0.1) is 34.5 Å². The first kappa shape index (κ1) is 16.9. The Kier molecular flexibility index (Phi) is 3.90. The molecule has 0 aliphatic heterocycles. The number of carboxylic acid groups (broad SMARTS) is 1. The monoisotopic (exact) mass is 322 g/mol. The van der Waals surface area contributed by atoms with E-state index in [0.717, 1.165) is 44.8 Å². The zero-order valence-electron chi connectivity index (χ0n) is 14.5. The van der Waals surface area contributed by atoms with Gasteiger partial charge in [-0.2, -0.15) is 0 Å². The van der Waals surface area contributed by atoms with Crippen molar-refractivity contribution in [2.75, 3.05) is 0 Å². The highest BCUT2D eigenvalue weighted by atomic mass is 16.4. The number of hydrogen-bond acceptors (Lipinski definition) is 3. The van der Waals surface area contributed by atoms with E-state index in [1.54, 1.807) is 0 Å². The molecular formula is C19H30O4. The van der Waals surface area contributed by atoms with Crippen LogP contribution < -0.4 is 0 Å². The van der Waals surface area contributed by atoms with Crippen molar-refractivity contribution in [1.82, 2.24) is 0 Å². The average molecular weight is 322 g/mol. The molecule has 130 valence electrons. The molecule has 3 fully saturated rings. The van der Waals surface area contributed by atoms with Crippen molar-refractivity contribution >= 4 is 12.3 Å². The Balaban J connectivity index is 1.91. The minimum Gasteiger partial charge on any atom is -0.481 e. The van der Waals surface area contributed by atoms with Gasteiger partial charge in [-0.15, -0.1) is 0 Å². The molecule has 0 radical (unpaired) electrons. The number of aldehydes is 1. The normalized spacial score (nSPS) is 52.5. The van der Waals surface area contributed by atoms with Crippen LogP contribution in [-0.2, 0) is 9.59 Å². The van der Waals surface area contributed by atoms with Crippen molar-refractivity contribution in [3.63, 3.8) is 0 Å². The van der Waals surface area contributed by atoms with E-state index in [2.05, 4.69) is 6.92 Å². The van der Waals surface area contributed by atoms with Crippen LogP contribution in [0.5, 0.6) is 0 Å². The number of fused-ring (bicyclic) bond motifs is 3. The van der Waals surface area contributed by atoms with E-state index in [4.69, 9.17) is 0 Å². The summed E-state index contributed by atoms with van der Waals surface area (Å²) in [4.78, 5) is 23.2. The van der Waals surface area contributed by atoms with Crippen LogP contribution in [0.15, 0.2) is 0 Å². The fourth-order valence-electron chi connectivity index (χ4n) is 6.43. The molecule has 3 saturated carbocycles. The van der Waals surface area contributed by atoms with Crippen molar-refractivity contribution in [3.8, 4) is 0 Å². The Hall–Kier alpha value is -0.900. The Morgan fingerprint density at radius 3 is 2.35 bits per heavy atom. The third-order valence-electron chi connectivity index (χ3n) is 8.20. The van der Waals surface area contributed by atoms with Crippen molar-refractivity contribution in [1.29, 1.82) is 0 Å². The molecule has 0 unspecified atom stereocenters. The molecule has 2 N–H and O–H groups in total. The van der Waals surface area contributed by atoms with Crippen LogP contribution in [-0.4, -0.2) is 28.1 Å². The van der Waals surface area contributed by atoms with E-state index in [-0.39, 0.29) is 23.7 Å². The van der Waals surface area contributed by atoms with Gasteiger partial charge in [-0.25, -0.2) is 0 Å². The number of rotatable bonds is 3. The van der Waals surface area contributed by atoms with Crippen LogP contribution >= 0.6 is 0 Å². The van der Waals surface area contributed by atoms with Crippen LogP contribution in [0.4, 0.5) is 0 Å². The molecule has 0 heterocycles. The molecule has 4 heteroatoms. The second-order valence-corrected chi connectivity index (χ2v) is 9.00. The lowest BCUT2D eigenvalue weighted by molar-refractivity contribution is -0.155. The third kappa shape index (κ3) is 2.28. The lowest BCUT2D eigenvalue weighted by atomic mass is 9.47. The summed E-state index contributed by atoms with van der Waals surface area (Å²) in [7, 11) is 0. The lowest BCUT2D eigenvalue weighted by Crippen LogP contribution is -2.55. The Bertz CT molecular complexity index is 513. The molecule has 23 heavy (non-hydrogen) atoms. The Morgan fingerprint density at radius 1 is 1.09 bits per heavy atom. The summed E-state index contributed by atoms with van der Waals surface area (Å²) in [6.45, 7) is 6.19. The molecule has 0 spiro atoms. The standard InChI is InChI=1S/C19H30O4/c1-17(11-20)12(10-16(21)22)4-5-13-14(17)6-8-18(2)15(13)7-9-19(18,3)23/h11-15,23H,4-10H2,1-3H3,(H,21,22)/t12-,13+,14-,15-,17-,18-,19-/m0/s1. The predicted octanol–water partition coefficient (Wildman–Crippen LogP) is 3.27. The molecule has 3 aliphatic rings. The predicted molar refractivity (Wildman–Crippen MR) is 86.8 cm³/mol. The molecule has 3 aliphatic carbocycles. The smallest absolute Gasteiger partial charge is 0.303 e. The van der Waals surface area contributed by atoms with Gasteiger partial charge in [0, 0.05) is 11.8 Å². The number of carbonyl (C=O) groups excluding carboxylic acids is 1. The van der Waals surface area contributed by atoms with Crippen LogP contribution in [0.2, 0.25) is 0 Å². The van der Waals surface area contributed by atoms with Crippen LogP contribution in [0.1, 0.15) is 65.7 Å². The molecule has 4 nitrogen and oxygen atoms in total. The van der Waals surface area contributed by atoms with Gasteiger partial charge < -0.3 is 15.0 Å². The maximum atomic E-state index is 12.0. The number of aliphatic hydroxyl groups is 1. The topological polar surface area (TPSA) is 74.6 Å². The minimum absolute atomic E-state index is 0.0509. The van der Waals surface area contributed by atoms with Gasteiger partial charge in [0.25, 0.3) is 0 Å². The first-order chi connectivity index (χ1) is 10.7. The second kappa shape index (κ2) is 5.30. The third-order valence-corrected chi connectivity index (χ3v) is 8.20. The van der Waals surface area contributed by atoms with Gasteiger partial charge in [0.15, 0.2) is 0 Å². The zero-order valence-corrected chi connectivity index (χ0v) is 14.5. The first-order valence-electron chi connectivity index (χ1n) is 9.06. The number of hydrogen-bond donors (Lipinski definition) is 2. The summed E-state index contributed by atoms with van der Waals surface area (Å²) < 4.78 is 0. The van der Waals surface area contributed by atoms with Gasteiger partial charge in [-0.1, -0.05) is 13.8 Å². The molecular weight excluding hydrogens is 292 g/mol. The highest BCUT2D eigenvalue weighted by Crippen LogP contribution is 2.66. The summed E-state index contributed by atoms with van der Waals surface area (Å²) in [6, 6.07) is 0. The molecule has 0 aromatic carbocycles. The maximum Gasteiger partial charge on any atom is 0.303 e. The van der Waals surface area contributed by atoms with Crippen molar-refractivity contribution in [3.05, 3.63) is 0 Å². The molecule has 3 rings (SSSR count). The van der Waals surface area contributed by atoms with Gasteiger partial charge in [0.1, 0.15) is 6.29 Å². The molecule has 0 saturated heterocycles.